The van der Waals surface area contributed by atoms with Gasteiger partial charge in [-0.25, -0.2) is 9.48 Å². The maximum Gasteiger partial charge on any atom is 0.418 e. The Kier molecular flexibility index (Phi) is 4.97. The van der Waals surface area contributed by atoms with Gasteiger partial charge in [0.05, 0.1) is 23.5 Å². The van der Waals surface area contributed by atoms with Gasteiger partial charge >= 0.3 is 12.2 Å². The molecule has 0 aliphatic heterocycles. The van der Waals surface area contributed by atoms with Gasteiger partial charge in [0.15, 0.2) is 0 Å². The second kappa shape index (κ2) is 7.19. The van der Waals surface area contributed by atoms with Gasteiger partial charge in [0.25, 0.3) is 5.56 Å². The molecule has 2 N–H and O–H groups in total. The van der Waals surface area contributed by atoms with E-state index in [0.717, 1.165) is 24.6 Å². The molecule has 1 aromatic heterocycles. The van der Waals surface area contributed by atoms with Crippen LogP contribution in [0.5, 0.6) is 0 Å². The van der Waals surface area contributed by atoms with Crippen molar-refractivity contribution in [3.63, 3.8) is 0 Å². The van der Waals surface area contributed by atoms with E-state index in [-0.39, 0.29) is 24.3 Å². The quantitative estimate of drug-likeness (QED) is 0.854. The summed E-state index contributed by atoms with van der Waals surface area (Å²) < 4.78 is 40.0. The summed E-state index contributed by atoms with van der Waals surface area (Å²) in [4.78, 5) is 23.6. The molecule has 0 saturated heterocycles. The highest BCUT2D eigenvalue weighted by Crippen LogP contribution is 2.38. The van der Waals surface area contributed by atoms with Crippen LogP contribution in [0.2, 0.25) is 0 Å². The molecule has 0 atom stereocenters. The Bertz CT molecular complexity index is 860. The fourth-order valence-corrected chi connectivity index (χ4v) is 2.50. The molecule has 9 heteroatoms. The third-order valence-corrected chi connectivity index (χ3v) is 3.97. The molecule has 1 aliphatic carbocycles. The van der Waals surface area contributed by atoms with Crippen LogP contribution < -0.4 is 16.2 Å². The van der Waals surface area contributed by atoms with Crippen LogP contribution in [0.25, 0.3) is 0 Å². The van der Waals surface area contributed by atoms with Gasteiger partial charge in [-0.2, -0.15) is 18.3 Å². The van der Waals surface area contributed by atoms with Crippen LogP contribution in [-0.2, 0) is 12.7 Å². The van der Waals surface area contributed by atoms with Gasteiger partial charge in [-0.1, -0.05) is 12.1 Å². The molecule has 2 aromatic rings. The maximum atomic E-state index is 12.9. The first-order valence-electron chi connectivity index (χ1n) is 8.14. The highest BCUT2D eigenvalue weighted by atomic mass is 19.4. The summed E-state index contributed by atoms with van der Waals surface area (Å²) in [6.45, 7) is 0.189. The summed E-state index contributed by atoms with van der Waals surface area (Å²) in [7, 11) is 0. The molecule has 0 spiro atoms. The molecule has 6 nitrogen and oxygen atoms in total. The van der Waals surface area contributed by atoms with E-state index in [2.05, 4.69) is 15.7 Å². The van der Waals surface area contributed by atoms with E-state index < -0.39 is 17.8 Å². The number of halogens is 3. The zero-order chi connectivity index (χ0) is 18.7. The van der Waals surface area contributed by atoms with Crippen LogP contribution in [0.4, 0.5) is 23.7 Å². The number of alkyl halides is 3. The fraction of sp³-hybridized carbons (Fsp3) is 0.353. The Balaban J connectivity index is 1.57. The Morgan fingerprint density at radius 3 is 2.62 bits per heavy atom. The SMILES string of the molecule is O=C(NCCn1nc(C2CC2)ccc1=O)Nc1ccccc1C(F)(F)F. The molecule has 1 saturated carbocycles. The Hall–Kier alpha value is -2.84. The highest BCUT2D eigenvalue weighted by molar-refractivity contribution is 5.90. The number of urea groups is 1. The molecule has 0 radical (unpaired) electrons. The Morgan fingerprint density at radius 2 is 1.92 bits per heavy atom. The van der Waals surface area contributed by atoms with Gasteiger partial charge < -0.3 is 10.6 Å². The van der Waals surface area contributed by atoms with Crippen LogP contribution in [0.1, 0.15) is 30.0 Å². The normalized spacial score (nSPS) is 14.1. The predicted octanol–water partition coefficient (Wildman–Crippen LogP) is 2.96. The van der Waals surface area contributed by atoms with Crippen LogP contribution in [0, 0.1) is 0 Å². The van der Waals surface area contributed by atoms with Gasteiger partial charge in [-0.05, 0) is 31.0 Å². The molecule has 138 valence electrons. The lowest BCUT2D eigenvalue weighted by molar-refractivity contribution is -0.136. The number of hydrogen-bond donors (Lipinski definition) is 2. The van der Waals surface area contributed by atoms with Crippen LogP contribution in [0.3, 0.4) is 0 Å². The van der Waals surface area contributed by atoms with Crippen molar-refractivity contribution in [2.75, 3.05) is 11.9 Å². The number of anilines is 1. The number of rotatable bonds is 5. The van der Waals surface area contributed by atoms with Crippen LogP contribution in [-0.4, -0.2) is 22.4 Å². The molecular weight excluding hydrogens is 349 g/mol. The predicted molar refractivity (Wildman–Crippen MR) is 88.9 cm³/mol. The van der Waals surface area contributed by atoms with Crippen molar-refractivity contribution in [1.82, 2.24) is 15.1 Å². The van der Waals surface area contributed by atoms with Crippen molar-refractivity contribution in [2.24, 2.45) is 0 Å². The van der Waals surface area contributed by atoms with Gasteiger partial charge in [-0.3, -0.25) is 4.79 Å². The number of nitrogens with zero attached hydrogens (tertiary/aromatic N) is 2. The standard InChI is InChI=1S/C17H17F3N4O2/c18-17(19,20)12-3-1-2-4-14(12)22-16(26)21-9-10-24-15(25)8-7-13(23-24)11-5-6-11/h1-4,7-8,11H,5-6,9-10H2,(H2,21,22,26). The second-order valence-electron chi connectivity index (χ2n) is 6.02. The molecule has 26 heavy (non-hydrogen) atoms. The number of carbonyl (C=O) groups is 1. The summed E-state index contributed by atoms with van der Waals surface area (Å²) >= 11 is 0. The van der Waals surface area contributed by atoms with E-state index >= 15 is 0 Å². The largest absolute Gasteiger partial charge is 0.418 e. The minimum absolute atomic E-state index is 0.0566. The van der Waals surface area contributed by atoms with Crippen molar-refractivity contribution in [1.29, 1.82) is 0 Å². The van der Waals surface area contributed by atoms with E-state index in [9.17, 15) is 22.8 Å². The average molecular weight is 366 g/mol. The maximum absolute atomic E-state index is 12.9. The molecular formula is C17H17F3N4O2. The first-order valence-corrected chi connectivity index (χ1v) is 8.14. The molecule has 2 amide bonds. The van der Waals surface area contributed by atoms with Crippen molar-refractivity contribution in [2.45, 2.75) is 31.5 Å². The van der Waals surface area contributed by atoms with Gasteiger partial charge in [0.2, 0.25) is 0 Å². The molecule has 1 heterocycles. The zero-order valence-corrected chi connectivity index (χ0v) is 13.7. The van der Waals surface area contributed by atoms with E-state index in [1.54, 1.807) is 6.07 Å². The number of benzene rings is 1. The monoisotopic (exact) mass is 366 g/mol. The van der Waals surface area contributed by atoms with E-state index in [4.69, 9.17) is 0 Å². The van der Waals surface area contributed by atoms with Gasteiger partial charge in [0.1, 0.15) is 0 Å². The summed E-state index contributed by atoms with van der Waals surface area (Å²) in [5, 5.41) is 8.86. The minimum Gasteiger partial charge on any atom is -0.336 e. The van der Waals surface area contributed by atoms with Crippen molar-refractivity contribution >= 4 is 11.7 Å². The Labute approximate surface area is 147 Å². The molecule has 3 rings (SSSR count). The number of aromatic nitrogens is 2. The summed E-state index contributed by atoms with van der Waals surface area (Å²) in [5.74, 6) is 0.386. The molecule has 1 aliphatic rings. The van der Waals surface area contributed by atoms with E-state index in [1.807, 2.05) is 0 Å². The highest BCUT2D eigenvalue weighted by Gasteiger charge is 2.33. The second-order valence-corrected chi connectivity index (χ2v) is 6.02. The van der Waals surface area contributed by atoms with Gasteiger partial charge in [0, 0.05) is 18.5 Å². The number of hydrogen-bond acceptors (Lipinski definition) is 3. The zero-order valence-electron chi connectivity index (χ0n) is 13.7. The lowest BCUT2D eigenvalue weighted by Crippen LogP contribution is -2.35. The average Bonchev–Trinajstić information content (AvgIpc) is 3.41. The van der Waals surface area contributed by atoms with Crippen LogP contribution >= 0.6 is 0 Å². The van der Waals surface area contributed by atoms with E-state index in [1.165, 1.54) is 28.9 Å². The number of amides is 2. The van der Waals surface area contributed by atoms with E-state index in [0.29, 0.717) is 5.92 Å². The summed E-state index contributed by atoms with van der Waals surface area (Å²) in [6, 6.07) is 7.06. The Morgan fingerprint density at radius 1 is 1.19 bits per heavy atom. The third kappa shape index (κ3) is 4.41. The van der Waals surface area contributed by atoms with Crippen LogP contribution in [0.15, 0.2) is 41.2 Å². The molecule has 0 unspecified atom stereocenters. The fourth-order valence-electron chi connectivity index (χ4n) is 2.50. The summed E-state index contributed by atoms with van der Waals surface area (Å²) in [6.07, 6.45) is -2.47. The van der Waals surface area contributed by atoms with Crippen molar-refractivity contribution in [3.8, 4) is 0 Å². The van der Waals surface area contributed by atoms with Crippen molar-refractivity contribution < 1.29 is 18.0 Å². The number of carbonyl (C=O) groups excluding carboxylic acids is 1. The molecule has 1 aromatic carbocycles. The lowest BCUT2D eigenvalue weighted by Gasteiger charge is -2.14. The molecule has 1 fully saturated rings. The van der Waals surface area contributed by atoms with Gasteiger partial charge in [-0.15, -0.1) is 0 Å². The smallest absolute Gasteiger partial charge is 0.336 e. The first kappa shape index (κ1) is 18.0. The third-order valence-electron chi connectivity index (χ3n) is 3.97. The number of nitrogens with one attached hydrogen (secondary N) is 2. The lowest BCUT2D eigenvalue weighted by atomic mass is 10.1. The topological polar surface area (TPSA) is 76.0 Å². The van der Waals surface area contributed by atoms with Crippen molar-refractivity contribution in [3.05, 3.63) is 58.0 Å². The first-order chi connectivity index (χ1) is 12.3. The number of para-hydroxylation sites is 1. The molecule has 0 bridgehead atoms. The minimum atomic E-state index is -4.57. The summed E-state index contributed by atoms with van der Waals surface area (Å²) in [5.41, 5.74) is -0.708.